The number of hydrogen-bond acceptors (Lipinski definition) is 6. The van der Waals surface area contributed by atoms with E-state index in [0.29, 0.717) is 24.2 Å². The van der Waals surface area contributed by atoms with Crippen molar-refractivity contribution >= 4 is 29.3 Å². The maximum Gasteiger partial charge on any atom is 0.573 e. The number of rotatable bonds is 6. The van der Waals surface area contributed by atoms with E-state index in [1.165, 1.54) is 42.3 Å². The van der Waals surface area contributed by atoms with Crippen LogP contribution >= 0.6 is 11.6 Å². The summed E-state index contributed by atoms with van der Waals surface area (Å²) in [6, 6.07) is 10.3. The molecule has 12 heteroatoms. The smallest absolute Gasteiger partial charge is 0.444 e. The predicted molar refractivity (Wildman–Crippen MR) is 136 cm³/mol. The predicted octanol–water partition coefficient (Wildman–Crippen LogP) is 7.19. The van der Waals surface area contributed by atoms with Crippen LogP contribution < -0.4 is 4.74 Å². The highest BCUT2D eigenvalue weighted by atomic mass is 35.5. The van der Waals surface area contributed by atoms with Gasteiger partial charge < -0.3 is 19.3 Å². The fraction of sp³-hybridized carbons (Fsp3) is 0.462. The first-order valence-corrected chi connectivity index (χ1v) is 12.4. The largest absolute Gasteiger partial charge is 0.573 e. The van der Waals surface area contributed by atoms with Crippen molar-refractivity contribution in [2.24, 2.45) is 10.2 Å². The van der Waals surface area contributed by atoms with Crippen LogP contribution in [0.1, 0.15) is 40.0 Å². The molecule has 1 unspecified atom stereocenters. The topological polar surface area (TPSA) is 83.8 Å². The number of hydrogen-bond donors (Lipinski definition) is 0. The Labute approximate surface area is 224 Å². The molecule has 1 aliphatic rings. The number of alkyl halides is 3. The van der Waals surface area contributed by atoms with Crippen LogP contribution in [0.4, 0.5) is 23.7 Å². The van der Waals surface area contributed by atoms with Gasteiger partial charge in [-0.15, -0.1) is 13.2 Å². The molecule has 8 nitrogen and oxygen atoms in total. The van der Waals surface area contributed by atoms with Gasteiger partial charge in [-0.25, -0.2) is 4.79 Å². The summed E-state index contributed by atoms with van der Waals surface area (Å²) in [4.78, 5) is 28.0. The number of azo groups is 1. The molecule has 2 amide bonds. The zero-order valence-electron chi connectivity index (χ0n) is 21.6. The standard InChI is InChI=1S/C26H30ClF3N4O4/c1-25(2,3)38-24(36)33(4)16-23(35)34-14-8-7-11-22(34)32-31-17-12-13-18(20(27)15-17)19-9-5-6-10-21(19)37-26(28,29)30/h5-6,9-10,12-13,15,22H,7-8,11,14,16H2,1-4H3/b32-31+. The van der Waals surface area contributed by atoms with E-state index < -0.39 is 24.2 Å². The lowest BCUT2D eigenvalue weighted by atomic mass is 10.0. The number of amides is 2. The van der Waals surface area contributed by atoms with E-state index in [1.54, 1.807) is 37.8 Å². The van der Waals surface area contributed by atoms with E-state index >= 15 is 0 Å². The molecule has 1 fully saturated rings. The Balaban J connectivity index is 1.73. The van der Waals surface area contributed by atoms with Gasteiger partial charge in [-0.1, -0.05) is 35.9 Å². The third-order valence-electron chi connectivity index (χ3n) is 5.53. The number of ether oxygens (including phenoxy) is 2. The molecule has 38 heavy (non-hydrogen) atoms. The molecule has 0 bridgehead atoms. The number of nitrogens with zero attached hydrogens (tertiary/aromatic N) is 4. The van der Waals surface area contributed by atoms with Crippen LogP contribution in [-0.4, -0.2) is 60.1 Å². The third-order valence-corrected chi connectivity index (χ3v) is 5.84. The molecule has 0 radical (unpaired) electrons. The molecule has 1 atom stereocenters. The molecule has 0 aliphatic carbocycles. The number of para-hydroxylation sites is 1. The first-order chi connectivity index (χ1) is 17.7. The van der Waals surface area contributed by atoms with Crippen molar-refractivity contribution in [2.45, 2.75) is 58.2 Å². The second-order valence-corrected chi connectivity index (χ2v) is 10.2. The summed E-state index contributed by atoms with van der Waals surface area (Å²) in [6.07, 6.45) is -3.72. The van der Waals surface area contributed by atoms with Gasteiger partial charge in [-0.05, 0) is 58.2 Å². The summed E-state index contributed by atoms with van der Waals surface area (Å²) in [5.41, 5.74) is 0.207. The summed E-state index contributed by atoms with van der Waals surface area (Å²) in [7, 11) is 1.49. The minimum atomic E-state index is -4.85. The maximum atomic E-state index is 12.9. The summed E-state index contributed by atoms with van der Waals surface area (Å²) >= 11 is 6.39. The number of halogens is 4. The van der Waals surface area contributed by atoms with Gasteiger partial charge in [0.15, 0.2) is 0 Å². The fourth-order valence-electron chi connectivity index (χ4n) is 3.84. The highest BCUT2D eigenvalue weighted by Crippen LogP contribution is 2.38. The first kappa shape index (κ1) is 29.2. The molecule has 1 saturated heterocycles. The Kier molecular flexibility index (Phi) is 9.24. The number of carbonyl (C=O) groups is 2. The quantitative estimate of drug-likeness (QED) is 0.354. The van der Waals surface area contributed by atoms with Crippen molar-refractivity contribution in [3.05, 3.63) is 47.5 Å². The Bertz CT molecular complexity index is 1180. The van der Waals surface area contributed by atoms with Crippen LogP contribution in [0.5, 0.6) is 5.75 Å². The van der Waals surface area contributed by atoms with Crippen LogP contribution in [0.2, 0.25) is 5.02 Å². The molecular formula is C26H30ClF3N4O4. The lowest BCUT2D eigenvalue weighted by Crippen LogP contribution is -2.48. The first-order valence-electron chi connectivity index (χ1n) is 12.0. The van der Waals surface area contributed by atoms with Gasteiger partial charge in [0.25, 0.3) is 0 Å². The van der Waals surface area contributed by atoms with E-state index in [1.807, 2.05) is 0 Å². The van der Waals surface area contributed by atoms with Gasteiger partial charge in [-0.2, -0.15) is 10.2 Å². The van der Waals surface area contributed by atoms with Gasteiger partial charge in [0.2, 0.25) is 5.91 Å². The molecule has 2 aromatic rings. The number of likely N-dealkylation sites (N-methyl/N-ethyl adjacent to an activating group) is 1. The summed E-state index contributed by atoms with van der Waals surface area (Å²) in [5, 5.41) is 8.74. The van der Waals surface area contributed by atoms with Gasteiger partial charge >= 0.3 is 12.5 Å². The Morgan fingerprint density at radius 2 is 1.82 bits per heavy atom. The second-order valence-electron chi connectivity index (χ2n) is 9.82. The minimum Gasteiger partial charge on any atom is -0.444 e. The van der Waals surface area contributed by atoms with E-state index in [2.05, 4.69) is 15.0 Å². The van der Waals surface area contributed by atoms with Crippen LogP contribution in [0, 0.1) is 0 Å². The molecule has 1 aliphatic heterocycles. The van der Waals surface area contributed by atoms with Gasteiger partial charge in [0, 0.05) is 24.7 Å². The number of carbonyl (C=O) groups excluding carboxylic acids is 2. The maximum absolute atomic E-state index is 12.9. The lowest BCUT2D eigenvalue weighted by molar-refractivity contribution is -0.274. The molecule has 206 valence electrons. The highest BCUT2D eigenvalue weighted by Gasteiger charge is 2.32. The van der Waals surface area contributed by atoms with Gasteiger partial charge in [0.05, 0.1) is 10.7 Å². The monoisotopic (exact) mass is 554 g/mol. The molecule has 0 spiro atoms. The minimum absolute atomic E-state index is 0.162. The van der Waals surface area contributed by atoms with E-state index in [9.17, 15) is 22.8 Å². The van der Waals surface area contributed by atoms with Crippen molar-refractivity contribution in [3.8, 4) is 16.9 Å². The average molecular weight is 555 g/mol. The van der Waals surface area contributed by atoms with Crippen molar-refractivity contribution in [3.63, 3.8) is 0 Å². The van der Waals surface area contributed by atoms with Crippen molar-refractivity contribution in [2.75, 3.05) is 20.1 Å². The van der Waals surface area contributed by atoms with Gasteiger partial charge in [0.1, 0.15) is 24.1 Å². The zero-order chi connectivity index (χ0) is 28.1. The van der Waals surface area contributed by atoms with Gasteiger partial charge in [-0.3, -0.25) is 4.79 Å². The highest BCUT2D eigenvalue weighted by molar-refractivity contribution is 6.33. The Hall–Kier alpha value is -3.34. The Morgan fingerprint density at radius 3 is 2.47 bits per heavy atom. The van der Waals surface area contributed by atoms with Crippen LogP contribution in [-0.2, 0) is 9.53 Å². The molecule has 1 heterocycles. The SMILES string of the molecule is CN(CC(=O)N1CCCCC1/N=N/c1ccc(-c2ccccc2OC(F)(F)F)c(Cl)c1)C(=O)OC(C)(C)C. The molecule has 2 aromatic carbocycles. The summed E-state index contributed by atoms with van der Waals surface area (Å²) < 4.78 is 47.8. The molecule has 0 N–H and O–H groups in total. The van der Waals surface area contributed by atoms with E-state index in [0.717, 1.165) is 12.8 Å². The zero-order valence-corrected chi connectivity index (χ0v) is 22.3. The van der Waals surface area contributed by atoms with Crippen LogP contribution in [0.25, 0.3) is 11.1 Å². The van der Waals surface area contributed by atoms with E-state index in [4.69, 9.17) is 16.3 Å². The molecule has 0 saturated carbocycles. The molecule has 3 rings (SSSR count). The lowest BCUT2D eigenvalue weighted by Gasteiger charge is -2.33. The molecular weight excluding hydrogens is 525 g/mol. The van der Waals surface area contributed by atoms with Crippen molar-refractivity contribution in [1.29, 1.82) is 0 Å². The number of benzene rings is 2. The summed E-state index contributed by atoms with van der Waals surface area (Å²) in [6.45, 7) is 5.54. The van der Waals surface area contributed by atoms with E-state index in [-0.39, 0.29) is 28.8 Å². The van der Waals surface area contributed by atoms with Crippen molar-refractivity contribution < 1.29 is 32.2 Å². The third kappa shape index (κ3) is 8.34. The van der Waals surface area contributed by atoms with Crippen molar-refractivity contribution in [1.82, 2.24) is 9.80 Å². The molecule has 0 aromatic heterocycles. The average Bonchev–Trinajstić information content (AvgIpc) is 2.81. The number of piperidine rings is 1. The normalized spacial score (nSPS) is 16.4. The van der Waals surface area contributed by atoms with Crippen LogP contribution in [0.15, 0.2) is 52.7 Å². The van der Waals surface area contributed by atoms with Crippen LogP contribution in [0.3, 0.4) is 0 Å². The Morgan fingerprint density at radius 1 is 1.11 bits per heavy atom. The second kappa shape index (κ2) is 12.0. The number of likely N-dealkylation sites (tertiary alicyclic amines) is 1. The fourth-order valence-corrected chi connectivity index (χ4v) is 4.12. The summed E-state index contributed by atoms with van der Waals surface area (Å²) in [5.74, 6) is -0.652.